The van der Waals surface area contributed by atoms with E-state index in [4.69, 9.17) is 9.15 Å². The summed E-state index contributed by atoms with van der Waals surface area (Å²) in [6.07, 6.45) is 3.06. The summed E-state index contributed by atoms with van der Waals surface area (Å²) in [6, 6.07) is 3.56. The van der Waals surface area contributed by atoms with Gasteiger partial charge in [-0.1, -0.05) is 0 Å². The van der Waals surface area contributed by atoms with Crippen LogP contribution in [0.2, 0.25) is 0 Å². The third-order valence-electron chi connectivity index (χ3n) is 3.07. The fraction of sp³-hybridized carbons (Fsp3) is 0.400. The zero-order valence-electron chi connectivity index (χ0n) is 12.5. The number of hydrogen-bond donors (Lipinski definition) is 0. The summed E-state index contributed by atoms with van der Waals surface area (Å²) >= 11 is 0. The van der Waals surface area contributed by atoms with Crippen molar-refractivity contribution in [2.75, 3.05) is 24.6 Å². The fourth-order valence-electron chi connectivity index (χ4n) is 2.01. The molecule has 0 aliphatic rings. The van der Waals surface area contributed by atoms with E-state index in [9.17, 15) is 4.79 Å². The van der Waals surface area contributed by atoms with Crippen LogP contribution in [0.15, 0.2) is 29.0 Å². The largest absolute Gasteiger partial charge is 0.462 e. The molecule has 0 atom stereocenters. The maximum Gasteiger partial charge on any atom is 0.343 e. The van der Waals surface area contributed by atoms with Gasteiger partial charge in [-0.3, -0.25) is 0 Å². The normalized spacial score (nSPS) is 10.4. The third kappa shape index (κ3) is 3.21. The molecule has 0 saturated heterocycles. The van der Waals surface area contributed by atoms with Crippen LogP contribution in [0.3, 0.4) is 0 Å². The van der Waals surface area contributed by atoms with Gasteiger partial charge < -0.3 is 14.1 Å². The van der Waals surface area contributed by atoms with Gasteiger partial charge >= 0.3 is 5.97 Å². The van der Waals surface area contributed by atoms with Crippen molar-refractivity contribution in [1.82, 2.24) is 9.97 Å². The summed E-state index contributed by atoms with van der Waals surface area (Å²) in [6.45, 7) is 7.57. The first-order valence-electron chi connectivity index (χ1n) is 7.04. The lowest BCUT2D eigenvalue weighted by atomic mass is 10.2. The number of ether oxygens (including phenoxy) is 1. The molecule has 0 aromatic carbocycles. The molecule has 0 aliphatic heterocycles. The molecule has 2 heterocycles. The fourth-order valence-corrected chi connectivity index (χ4v) is 2.01. The van der Waals surface area contributed by atoms with Gasteiger partial charge in [-0.2, -0.15) is 0 Å². The Balaban J connectivity index is 2.48. The van der Waals surface area contributed by atoms with Crippen molar-refractivity contribution in [2.24, 2.45) is 0 Å². The molecule has 0 fully saturated rings. The average molecular weight is 289 g/mol. The molecule has 0 amide bonds. The molecule has 0 unspecified atom stereocenters. The minimum atomic E-state index is -0.412. The monoisotopic (exact) mass is 289 g/mol. The number of anilines is 1. The summed E-state index contributed by atoms with van der Waals surface area (Å²) in [5.74, 6) is 1.18. The van der Waals surface area contributed by atoms with Crippen molar-refractivity contribution < 1.29 is 13.9 Å². The number of carbonyl (C=O) groups excluding carboxylic acids is 1. The molecular formula is C15H19N3O3. The zero-order valence-corrected chi connectivity index (χ0v) is 12.5. The van der Waals surface area contributed by atoms with E-state index in [2.05, 4.69) is 9.97 Å². The van der Waals surface area contributed by atoms with Gasteiger partial charge in [0.25, 0.3) is 0 Å². The average Bonchev–Trinajstić information content (AvgIpc) is 3.03. The number of rotatable bonds is 6. The zero-order chi connectivity index (χ0) is 15.2. The van der Waals surface area contributed by atoms with Crippen molar-refractivity contribution in [3.05, 3.63) is 30.2 Å². The van der Waals surface area contributed by atoms with Crippen LogP contribution in [0.4, 0.5) is 5.82 Å². The van der Waals surface area contributed by atoms with Gasteiger partial charge in [0.1, 0.15) is 11.4 Å². The van der Waals surface area contributed by atoms with Crippen molar-refractivity contribution >= 4 is 11.8 Å². The predicted octanol–water partition coefficient (Wildman–Crippen LogP) is 2.76. The minimum Gasteiger partial charge on any atom is -0.462 e. The maximum atomic E-state index is 12.0. The highest BCUT2D eigenvalue weighted by molar-refractivity contribution is 5.94. The molecule has 112 valence electrons. The Morgan fingerprint density at radius 2 is 2.10 bits per heavy atom. The van der Waals surface area contributed by atoms with E-state index in [0.29, 0.717) is 29.6 Å². The van der Waals surface area contributed by atoms with Crippen LogP contribution in [0.5, 0.6) is 0 Å². The number of hydrogen-bond acceptors (Lipinski definition) is 6. The topological polar surface area (TPSA) is 68.5 Å². The maximum absolute atomic E-state index is 12.0. The van der Waals surface area contributed by atoms with E-state index in [0.717, 1.165) is 13.1 Å². The molecule has 0 aliphatic carbocycles. The number of esters is 1. The smallest absolute Gasteiger partial charge is 0.343 e. The van der Waals surface area contributed by atoms with Gasteiger partial charge in [-0.25, -0.2) is 14.8 Å². The quantitative estimate of drug-likeness (QED) is 0.762. The van der Waals surface area contributed by atoms with E-state index in [-0.39, 0.29) is 0 Å². The molecule has 6 nitrogen and oxygen atoms in total. The third-order valence-corrected chi connectivity index (χ3v) is 3.07. The van der Waals surface area contributed by atoms with Crippen LogP contribution in [0.25, 0.3) is 11.6 Å². The Kier molecular flexibility index (Phi) is 4.92. The molecule has 6 heteroatoms. The van der Waals surface area contributed by atoms with Crippen LogP contribution in [-0.2, 0) is 4.74 Å². The Morgan fingerprint density at radius 3 is 2.67 bits per heavy atom. The van der Waals surface area contributed by atoms with Gasteiger partial charge in [0.15, 0.2) is 11.6 Å². The molecule has 2 aromatic heterocycles. The van der Waals surface area contributed by atoms with E-state index in [1.165, 1.54) is 6.20 Å². The lowest BCUT2D eigenvalue weighted by Crippen LogP contribution is -2.26. The first-order chi connectivity index (χ1) is 10.2. The number of carbonyl (C=O) groups is 1. The van der Waals surface area contributed by atoms with E-state index < -0.39 is 5.97 Å². The lowest BCUT2D eigenvalue weighted by molar-refractivity contribution is 0.0526. The Labute approximate surface area is 123 Å². The van der Waals surface area contributed by atoms with Crippen molar-refractivity contribution in [3.8, 4) is 11.6 Å². The standard InChI is InChI=1S/C15H19N3O3/c1-4-18(5-2)14-11(15(19)20-6-3)10-16-13(17-14)12-8-7-9-21-12/h7-10H,4-6H2,1-3H3. The molecular weight excluding hydrogens is 270 g/mol. The van der Waals surface area contributed by atoms with Crippen LogP contribution >= 0.6 is 0 Å². The highest BCUT2D eigenvalue weighted by Gasteiger charge is 2.20. The molecule has 2 rings (SSSR count). The Bertz CT molecular complexity index is 592. The second-order valence-electron chi connectivity index (χ2n) is 4.30. The first kappa shape index (κ1) is 15.0. The van der Waals surface area contributed by atoms with E-state index in [1.54, 1.807) is 25.3 Å². The number of furan rings is 1. The van der Waals surface area contributed by atoms with Gasteiger partial charge in [-0.05, 0) is 32.9 Å². The van der Waals surface area contributed by atoms with E-state index in [1.807, 2.05) is 18.7 Å². The second kappa shape index (κ2) is 6.88. The second-order valence-corrected chi connectivity index (χ2v) is 4.30. The Morgan fingerprint density at radius 1 is 1.33 bits per heavy atom. The van der Waals surface area contributed by atoms with Gasteiger partial charge in [0, 0.05) is 19.3 Å². The molecule has 0 spiro atoms. The van der Waals surface area contributed by atoms with Crippen LogP contribution in [0.1, 0.15) is 31.1 Å². The SMILES string of the molecule is CCOC(=O)c1cnc(-c2ccco2)nc1N(CC)CC. The predicted molar refractivity (Wildman–Crippen MR) is 79.3 cm³/mol. The molecule has 0 bridgehead atoms. The number of aromatic nitrogens is 2. The summed E-state index contributed by atoms with van der Waals surface area (Å²) in [4.78, 5) is 22.7. The van der Waals surface area contributed by atoms with Crippen molar-refractivity contribution in [2.45, 2.75) is 20.8 Å². The molecule has 0 saturated carbocycles. The molecule has 2 aromatic rings. The molecule has 0 radical (unpaired) electrons. The van der Waals surface area contributed by atoms with Crippen LogP contribution in [-0.4, -0.2) is 35.6 Å². The van der Waals surface area contributed by atoms with E-state index >= 15 is 0 Å². The van der Waals surface area contributed by atoms with Gasteiger partial charge in [0.05, 0.1) is 12.9 Å². The van der Waals surface area contributed by atoms with Gasteiger partial charge in [0.2, 0.25) is 0 Å². The van der Waals surface area contributed by atoms with Crippen LogP contribution in [0, 0.1) is 0 Å². The Hall–Kier alpha value is -2.37. The minimum absolute atomic E-state index is 0.316. The summed E-state index contributed by atoms with van der Waals surface area (Å²) < 4.78 is 10.4. The highest BCUT2D eigenvalue weighted by atomic mass is 16.5. The van der Waals surface area contributed by atoms with Gasteiger partial charge in [-0.15, -0.1) is 0 Å². The summed E-state index contributed by atoms with van der Waals surface area (Å²) in [5.41, 5.74) is 0.371. The van der Waals surface area contributed by atoms with Crippen molar-refractivity contribution in [3.63, 3.8) is 0 Å². The molecule has 0 N–H and O–H groups in total. The first-order valence-corrected chi connectivity index (χ1v) is 7.04. The molecule has 21 heavy (non-hydrogen) atoms. The highest BCUT2D eigenvalue weighted by Crippen LogP contribution is 2.23. The van der Waals surface area contributed by atoms with Crippen LogP contribution < -0.4 is 4.90 Å². The summed E-state index contributed by atoms with van der Waals surface area (Å²) in [5, 5.41) is 0. The number of nitrogens with zero attached hydrogens (tertiary/aromatic N) is 3. The lowest BCUT2D eigenvalue weighted by Gasteiger charge is -2.22. The summed E-state index contributed by atoms with van der Waals surface area (Å²) in [7, 11) is 0. The van der Waals surface area contributed by atoms with Crippen molar-refractivity contribution in [1.29, 1.82) is 0 Å².